The van der Waals surface area contributed by atoms with E-state index in [1.165, 1.54) is 11.1 Å². The number of carboxylic acids is 1. The van der Waals surface area contributed by atoms with Crippen LogP contribution in [0, 0.1) is 5.92 Å². The van der Waals surface area contributed by atoms with Gasteiger partial charge < -0.3 is 20.1 Å². The van der Waals surface area contributed by atoms with Crippen LogP contribution in [0.25, 0.3) is 11.1 Å². The monoisotopic (exact) mass is 476 g/mol. The van der Waals surface area contributed by atoms with Crippen LogP contribution in [0.2, 0.25) is 0 Å². The van der Waals surface area contributed by atoms with Crippen LogP contribution in [-0.4, -0.2) is 52.7 Å². The summed E-state index contributed by atoms with van der Waals surface area (Å²) in [6.07, 6.45) is 3.10. The summed E-state index contributed by atoms with van der Waals surface area (Å²) >= 11 is 0. The van der Waals surface area contributed by atoms with E-state index in [1.807, 2.05) is 36.1 Å². The Morgan fingerprint density at radius 3 is 2.26 bits per heavy atom. The minimum absolute atomic E-state index is 0.00298. The van der Waals surface area contributed by atoms with Gasteiger partial charge in [-0.25, -0.2) is 4.79 Å². The van der Waals surface area contributed by atoms with Gasteiger partial charge in [-0.3, -0.25) is 9.59 Å². The van der Waals surface area contributed by atoms with Crippen molar-refractivity contribution in [2.24, 2.45) is 5.92 Å². The van der Waals surface area contributed by atoms with E-state index in [0.717, 1.165) is 36.8 Å². The lowest BCUT2D eigenvalue weighted by Gasteiger charge is -2.34. The van der Waals surface area contributed by atoms with Crippen LogP contribution in [0.1, 0.15) is 62.5 Å². The molecular formula is C28H32N2O5. The first-order chi connectivity index (χ1) is 16.9. The molecule has 1 unspecified atom stereocenters. The number of aliphatic carboxylic acids is 1. The number of rotatable bonds is 8. The number of carbonyl (C=O) groups excluding carboxylic acids is 2. The smallest absolute Gasteiger partial charge is 0.407 e. The Kier molecular flexibility index (Phi) is 6.26. The molecule has 2 heterocycles. The van der Waals surface area contributed by atoms with Crippen LogP contribution in [0.15, 0.2) is 48.5 Å². The Balaban J connectivity index is 1.13. The van der Waals surface area contributed by atoms with Crippen LogP contribution in [0.3, 0.4) is 0 Å². The molecular weight excluding hydrogens is 444 g/mol. The second kappa shape index (κ2) is 9.36. The average Bonchev–Trinajstić information content (AvgIpc) is 3.48. The normalized spacial score (nSPS) is 23.0. The van der Waals surface area contributed by atoms with Gasteiger partial charge in [-0.15, -0.1) is 0 Å². The summed E-state index contributed by atoms with van der Waals surface area (Å²) in [6.45, 7) is 2.50. The van der Waals surface area contributed by atoms with Gasteiger partial charge in [0.15, 0.2) is 0 Å². The summed E-state index contributed by atoms with van der Waals surface area (Å²) in [6, 6.07) is 16.6. The molecule has 2 amide bonds. The molecule has 0 saturated carbocycles. The first-order valence-electron chi connectivity index (χ1n) is 12.5. The molecule has 2 aromatic carbocycles. The number of ether oxygens (including phenoxy) is 1. The van der Waals surface area contributed by atoms with Gasteiger partial charge in [0.2, 0.25) is 5.91 Å². The van der Waals surface area contributed by atoms with E-state index in [4.69, 9.17) is 4.74 Å². The number of nitrogens with zero attached hydrogens (tertiary/aromatic N) is 1. The van der Waals surface area contributed by atoms with Gasteiger partial charge in [-0.05, 0) is 53.9 Å². The lowest BCUT2D eigenvalue weighted by molar-refractivity contribution is -0.143. The second-order valence-corrected chi connectivity index (χ2v) is 10.3. The van der Waals surface area contributed by atoms with Crippen LogP contribution < -0.4 is 5.32 Å². The van der Waals surface area contributed by atoms with E-state index >= 15 is 0 Å². The van der Waals surface area contributed by atoms with Gasteiger partial charge >= 0.3 is 12.1 Å². The van der Waals surface area contributed by atoms with E-state index < -0.39 is 17.6 Å². The lowest BCUT2D eigenvalue weighted by atomic mass is 9.85. The van der Waals surface area contributed by atoms with Crippen molar-refractivity contribution in [3.8, 4) is 11.1 Å². The van der Waals surface area contributed by atoms with Gasteiger partial charge in [0.25, 0.3) is 0 Å². The third-order valence-electron chi connectivity index (χ3n) is 7.97. The molecule has 2 aromatic rings. The Bertz CT molecular complexity index is 1090. The van der Waals surface area contributed by atoms with Crippen molar-refractivity contribution in [3.63, 3.8) is 0 Å². The zero-order chi connectivity index (χ0) is 24.6. The molecule has 184 valence electrons. The summed E-state index contributed by atoms with van der Waals surface area (Å²) in [5, 5.41) is 12.2. The fourth-order valence-corrected chi connectivity index (χ4v) is 6.41. The highest BCUT2D eigenvalue weighted by molar-refractivity contribution is 5.81. The molecule has 5 rings (SSSR count). The van der Waals surface area contributed by atoms with Crippen molar-refractivity contribution in [1.29, 1.82) is 0 Å². The maximum Gasteiger partial charge on any atom is 0.407 e. The number of hydrogen-bond acceptors (Lipinski definition) is 4. The van der Waals surface area contributed by atoms with Crippen molar-refractivity contribution in [2.75, 3.05) is 13.2 Å². The van der Waals surface area contributed by atoms with Crippen LogP contribution >= 0.6 is 0 Å². The quantitative estimate of drug-likeness (QED) is 0.583. The molecule has 2 fully saturated rings. The molecule has 0 aromatic heterocycles. The fourth-order valence-electron chi connectivity index (χ4n) is 6.41. The minimum Gasteiger partial charge on any atom is -0.481 e. The largest absolute Gasteiger partial charge is 0.481 e. The molecule has 3 aliphatic rings. The summed E-state index contributed by atoms with van der Waals surface area (Å²) < 4.78 is 5.59. The Morgan fingerprint density at radius 2 is 1.66 bits per heavy atom. The van der Waals surface area contributed by atoms with Crippen molar-refractivity contribution >= 4 is 18.0 Å². The van der Waals surface area contributed by atoms with Crippen LogP contribution in [0.4, 0.5) is 4.79 Å². The summed E-state index contributed by atoms with van der Waals surface area (Å²) in [7, 11) is 0. The Morgan fingerprint density at radius 1 is 1.06 bits per heavy atom. The number of benzene rings is 2. The molecule has 2 aliphatic heterocycles. The number of carboxylic acid groups (broad SMARTS) is 1. The fraction of sp³-hybridized carbons (Fsp3) is 0.464. The van der Waals surface area contributed by atoms with Gasteiger partial charge in [0.1, 0.15) is 6.61 Å². The number of nitrogens with one attached hydrogen (secondary N) is 1. The molecule has 1 aliphatic carbocycles. The minimum atomic E-state index is -0.852. The number of alkyl carbamates (subject to hydrolysis) is 1. The highest BCUT2D eigenvalue weighted by Crippen LogP contribution is 2.49. The van der Waals surface area contributed by atoms with Crippen LogP contribution in [-0.2, 0) is 14.3 Å². The predicted molar refractivity (Wildman–Crippen MR) is 131 cm³/mol. The van der Waals surface area contributed by atoms with E-state index in [2.05, 4.69) is 29.6 Å². The number of fused-ring (bicyclic) bond motifs is 5. The van der Waals surface area contributed by atoms with E-state index in [-0.39, 0.29) is 43.2 Å². The maximum absolute atomic E-state index is 13.1. The standard InChI is InChI=1S/C28H32N2O5/c1-18(14-25(31)30-19-10-12-28(30,13-11-19)15-26(32)33)16-29-27(34)35-17-24-22-8-4-2-6-20(22)21-7-3-5-9-23(21)24/h2-9,18-19,24H,10-17H2,1H3,(H,29,34)(H,32,33). The van der Waals surface area contributed by atoms with Gasteiger partial charge in [-0.1, -0.05) is 55.5 Å². The number of hydrogen-bond donors (Lipinski definition) is 2. The number of amides is 2. The molecule has 2 N–H and O–H groups in total. The highest BCUT2D eigenvalue weighted by atomic mass is 16.5. The molecule has 0 radical (unpaired) electrons. The second-order valence-electron chi connectivity index (χ2n) is 10.3. The van der Waals surface area contributed by atoms with E-state index in [9.17, 15) is 19.5 Å². The first-order valence-corrected chi connectivity index (χ1v) is 12.5. The van der Waals surface area contributed by atoms with Crippen molar-refractivity contribution < 1.29 is 24.2 Å². The molecule has 1 atom stereocenters. The van der Waals surface area contributed by atoms with Gasteiger partial charge in [0, 0.05) is 24.9 Å². The van der Waals surface area contributed by atoms with Crippen LogP contribution in [0.5, 0.6) is 0 Å². The van der Waals surface area contributed by atoms with Gasteiger partial charge in [0.05, 0.1) is 12.0 Å². The molecule has 7 heteroatoms. The summed E-state index contributed by atoms with van der Waals surface area (Å²) in [5.74, 6) is -0.934. The first kappa shape index (κ1) is 23.4. The molecule has 2 saturated heterocycles. The van der Waals surface area contributed by atoms with E-state index in [0.29, 0.717) is 6.54 Å². The van der Waals surface area contributed by atoms with Crippen molar-refractivity contribution in [3.05, 3.63) is 59.7 Å². The van der Waals surface area contributed by atoms with Crippen molar-refractivity contribution in [2.45, 2.75) is 62.9 Å². The number of carbonyl (C=O) groups is 3. The Labute approximate surface area is 205 Å². The molecule has 35 heavy (non-hydrogen) atoms. The maximum atomic E-state index is 13.1. The van der Waals surface area contributed by atoms with Gasteiger partial charge in [-0.2, -0.15) is 0 Å². The molecule has 7 nitrogen and oxygen atoms in total. The average molecular weight is 477 g/mol. The summed E-state index contributed by atoms with van der Waals surface area (Å²) in [4.78, 5) is 38.8. The topological polar surface area (TPSA) is 95.9 Å². The molecule has 2 bridgehead atoms. The summed E-state index contributed by atoms with van der Waals surface area (Å²) in [5.41, 5.74) is 4.17. The lowest BCUT2D eigenvalue weighted by Crippen LogP contribution is -2.47. The zero-order valence-corrected chi connectivity index (χ0v) is 20.0. The Hall–Kier alpha value is -3.35. The third kappa shape index (κ3) is 4.40. The predicted octanol–water partition coefficient (Wildman–Crippen LogP) is 4.55. The zero-order valence-electron chi connectivity index (χ0n) is 20.0. The van der Waals surface area contributed by atoms with Crippen molar-refractivity contribution in [1.82, 2.24) is 10.2 Å². The third-order valence-corrected chi connectivity index (χ3v) is 7.97. The SMILES string of the molecule is CC(CNC(=O)OCC1c2ccccc2-c2ccccc21)CC(=O)N1C2CCC1(CC(=O)O)CC2. The molecule has 0 spiro atoms. The van der Waals surface area contributed by atoms with E-state index in [1.54, 1.807) is 0 Å². The highest BCUT2D eigenvalue weighted by Gasteiger charge is 2.54.